The van der Waals surface area contributed by atoms with Crippen molar-refractivity contribution in [3.05, 3.63) is 28.3 Å². The van der Waals surface area contributed by atoms with Gasteiger partial charge in [-0.3, -0.25) is 0 Å². The predicted molar refractivity (Wildman–Crippen MR) is 83.1 cm³/mol. The molecule has 0 aromatic heterocycles. The topological polar surface area (TPSA) is 0 Å². The molecule has 1 fully saturated rings. The second-order valence-corrected chi connectivity index (χ2v) is 7.36. The molecular weight excluding hydrogens is 260 g/mol. The van der Waals surface area contributed by atoms with E-state index in [1.807, 2.05) is 11.8 Å². The molecule has 1 saturated carbocycles. The summed E-state index contributed by atoms with van der Waals surface area (Å²) < 4.78 is 0. The molecule has 0 spiro atoms. The molecule has 0 radical (unpaired) electrons. The summed E-state index contributed by atoms with van der Waals surface area (Å²) in [5.41, 5.74) is 5.69. The van der Waals surface area contributed by atoms with Crippen molar-refractivity contribution in [2.24, 2.45) is 0 Å². The SMILES string of the molecule is Cc1cc(C)c(C)c(S[C@@H]2CCCC[C@@H]2Cl)c1C. The maximum absolute atomic E-state index is 6.50. The normalized spacial score (nSPS) is 24.3. The molecule has 100 valence electrons. The Kier molecular flexibility index (Phi) is 4.66. The fraction of sp³-hybridized carbons (Fsp3) is 0.625. The summed E-state index contributed by atoms with van der Waals surface area (Å²) in [6.07, 6.45) is 5.09. The summed E-state index contributed by atoms with van der Waals surface area (Å²) in [7, 11) is 0. The lowest BCUT2D eigenvalue weighted by Gasteiger charge is -2.28. The van der Waals surface area contributed by atoms with Gasteiger partial charge in [-0.1, -0.05) is 18.9 Å². The fourth-order valence-electron chi connectivity index (χ4n) is 2.69. The van der Waals surface area contributed by atoms with Crippen molar-refractivity contribution in [3.8, 4) is 0 Å². The van der Waals surface area contributed by atoms with Crippen molar-refractivity contribution in [1.82, 2.24) is 0 Å². The van der Waals surface area contributed by atoms with Gasteiger partial charge in [0, 0.05) is 15.5 Å². The third-order valence-corrected chi connectivity index (χ3v) is 6.58. The minimum atomic E-state index is 0.350. The van der Waals surface area contributed by atoms with Crippen LogP contribution in [0, 0.1) is 27.7 Å². The number of benzene rings is 1. The van der Waals surface area contributed by atoms with Gasteiger partial charge in [0.25, 0.3) is 0 Å². The summed E-state index contributed by atoms with van der Waals surface area (Å²) in [6, 6.07) is 2.30. The van der Waals surface area contributed by atoms with Crippen LogP contribution >= 0.6 is 23.4 Å². The molecule has 18 heavy (non-hydrogen) atoms. The van der Waals surface area contributed by atoms with E-state index >= 15 is 0 Å². The van der Waals surface area contributed by atoms with Gasteiger partial charge in [-0.05, 0) is 62.8 Å². The third-order valence-electron chi connectivity index (χ3n) is 4.19. The standard InChI is InChI=1S/C16H23ClS/c1-10-9-11(2)13(4)16(12(10)3)18-15-8-6-5-7-14(15)17/h9,14-15H,5-8H2,1-4H3/t14-,15+/m0/s1. The first kappa shape index (κ1) is 14.3. The Hall–Kier alpha value is -0.140. The molecule has 1 aromatic carbocycles. The second-order valence-electron chi connectivity index (χ2n) is 5.55. The lowest BCUT2D eigenvalue weighted by molar-refractivity contribution is 0.522. The minimum absolute atomic E-state index is 0.350. The van der Waals surface area contributed by atoms with E-state index in [0.29, 0.717) is 10.6 Å². The monoisotopic (exact) mass is 282 g/mol. The number of rotatable bonds is 2. The molecule has 0 unspecified atom stereocenters. The van der Waals surface area contributed by atoms with Crippen molar-refractivity contribution < 1.29 is 0 Å². The lowest BCUT2D eigenvalue weighted by atomic mass is 10.00. The third kappa shape index (κ3) is 2.88. The van der Waals surface area contributed by atoms with Gasteiger partial charge in [0.15, 0.2) is 0 Å². The molecule has 0 aliphatic heterocycles. The van der Waals surface area contributed by atoms with E-state index in [-0.39, 0.29) is 0 Å². The molecule has 2 atom stereocenters. The Labute approximate surface area is 121 Å². The van der Waals surface area contributed by atoms with E-state index in [9.17, 15) is 0 Å². The quantitative estimate of drug-likeness (QED) is 0.640. The minimum Gasteiger partial charge on any atom is -0.122 e. The van der Waals surface area contributed by atoms with E-state index in [1.165, 1.54) is 52.8 Å². The predicted octanol–water partition coefficient (Wildman–Crippen LogP) is 5.56. The average Bonchev–Trinajstić information content (AvgIpc) is 2.34. The van der Waals surface area contributed by atoms with E-state index < -0.39 is 0 Å². The van der Waals surface area contributed by atoms with Crippen LogP contribution in [0.2, 0.25) is 0 Å². The molecule has 0 N–H and O–H groups in total. The molecule has 0 nitrogen and oxygen atoms in total. The first-order valence-corrected chi connectivity index (χ1v) is 8.20. The largest absolute Gasteiger partial charge is 0.122 e. The summed E-state index contributed by atoms with van der Waals surface area (Å²) in [6.45, 7) is 8.92. The molecular formula is C16H23ClS. The van der Waals surface area contributed by atoms with E-state index in [0.717, 1.165) is 0 Å². The summed E-state index contributed by atoms with van der Waals surface area (Å²) in [4.78, 5) is 1.48. The second kappa shape index (κ2) is 5.88. The highest BCUT2D eigenvalue weighted by atomic mass is 35.5. The van der Waals surface area contributed by atoms with Crippen LogP contribution in [-0.4, -0.2) is 10.6 Å². The zero-order valence-electron chi connectivity index (χ0n) is 11.8. The van der Waals surface area contributed by atoms with Crippen molar-refractivity contribution >= 4 is 23.4 Å². The zero-order valence-corrected chi connectivity index (χ0v) is 13.4. The summed E-state index contributed by atoms with van der Waals surface area (Å²) >= 11 is 8.52. The van der Waals surface area contributed by atoms with E-state index in [1.54, 1.807) is 0 Å². The van der Waals surface area contributed by atoms with Gasteiger partial charge in [-0.15, -0.1) is 23.4 Å². The Morgan fingerprint density at radius 2 is 1.56 bits per heavy atom. The smallest absolute Gasteiger partial charge is 0.0458 e. The van der Waals surface area contributed by atoms with Crippen LogP contribution in [0.25, 0.3) is 0 Å². The molecule has 1 aromatic rings. The summed E-state index contributed by atoms with van der Waals surface area (Å²) in [5.74, 6) is 0. The number of hydrogen-bond acceptors (Lipinski definition) is 1. The molecule has 0 heterocycles. The number of thioether (sulfide) groups is 1. The highest BCUT2D eigenvalue weighted by Gasteiger charge is 2.25. The van der Waals surface area contributed by atoms with Gasteiger partial charge in [0.1, 0.15) is 0 Å². The Morgan fingerprint density at radius 3 is 2.11 bits per heavy atom. The van der Waals surface area contributed by atoms with Crippen molar-refractivity contribution in [3.63, 3.8) is 0 Å². The van der Waals surface area contributed by atoms with Crippen molar-refractivity contribution in [2.45, 2.75) is 68.9 Å². The van der Waals surface area contributed by atoms with Gasteiger partial charge in [0.2, 0.25) is 0 Å². The highest BCUT2D eigenvalue weighted by molar-refractivity contribution is 8.00. The maximum atomic E-state index is 6.50. The fourth-order valence-corrected chi connectivity index (χ4v) is 4.67. The Balaban J connectivity index is 2.28. The Bertz CT molecular complexity index is 413. The molecule has 0 bridgehead atoms. The first-order chi connectivity index (χ1) is 8.50. The van der Waals surface area contributed by atoms with E-state index in [4.69, 9.17) is 11.6 Å². The van der Waals surface area contributed by atoms with Crippen LogP contribution in [0.3, 0.4) is 0 Å². The van der Waals surface area contributed by atoms with Crippen LogP contribution < -0.4 is 0 Å². The van der Waals surface area contributed by atoms with Crippen LogP contribution in [0.15, 0.2) is 11.0 Å². The lowest BCUT2D eigenvalue weighted by Crippen LogP contribution is -2.22. The molecule has 2 heteroatoms. The van der Waals surface area contributed by atoms with Gasteiger partial charge in [-0.2, -0.15) is 0 Å². The molecule has 1 aliphatic carbocycles. The summed E-state index contributed by atoms with van der Waals surface area (Å²) in [5, 5.41) is 0.947. The Morgan fingerprint density at radius 1 is 1.00 bits per heavy atom. The maximum Gasteiger partial charge on any atom is 0.0458 e. The average molecular weight is 283 g/mol. The van der Waals surface area contributed by atoms with Crippen LogP contribution in [0.4, 0.5) is 0 Å². The van der Waals surface area contributed by atoms with Gasteiger partial charge in [0.05, 0.1) is 0 Å². The number of aryl methyl sites for hydroxylation is 2. The molecule has 0 saturated heterocycles. The number of hydrogen-bond donors (Lipinski definition) is 0. The van der Waals surface area contributed by atoms with Gasteiger partial charge < -0.3 is 0 Å². The van der Waals surface area contributed by atoms with Crippen molar-refractivity contribution in [2.75, 3.05) is 0 Å². The number of alkyl halides is 1. The van der Waals surface area contributed by atoms with Crippen LogP contribution in [0.5, 0.6) is 0 Å². The molecule has 0 amide bonds. The van der Waals surface area contributed by atoms with Crippen molar-refractivity contribution in [1.29, 1.82) is 0 Å². The zero-order chi connectivity index (χ0) is 13.3. The van der Waals surface area contributed by atoms with Crippen LogP contribution in [-0.2, 0) is 0 Å². The van der Waals surface area contributed by atoms with Crippen LogP contribution in [0.1, 0.15) is 47.9 Å². The van der Waals surface area contributed by atoms with Gasteiger partial charge in [-0.25, -0.2) is 0 Å². The number of halogens is 1. The van der Waals surface area contributed by atoms with E-state index in [2.05, 4.69) is 33.8 Å². The highest BCUT2D eigenvalue weighted by Crippen LogP contribution is 2.40. The molecule has 1 aliphatic rings. The van der Waals surface area contributed by atoms with Gasteiger partial charge >= 0.3 is 0 Å². The first-order valence-electron chi connectivity index (χ1n) is 6.89. The molecule has 2 rings (SSSR count).